The van der Waals surface area contributed by atoms with E-state index in [2.05, 4.69) is 44.9 Å². The zero-order valence-electron chi connectivity index (χ0n) is 15.1. The highest BCUT2D eigenvalue weighted by Crippen LogP contribution is 2.52. The summed E-state index contributed by atoms with van der Waals surface area (Å²) in [6.07, 6.45) is 7.21. The van der Waals surface area contributed by atoms with Gasteiger partial charge in [0.25, 0.3) is 0 Å². The van der Waals surface area contributed by atoms with Crippen molar-refractivity contribution in [1.29, 1.82) is 0 Å². The van der Waals surface area contributed by atoms with Crippen LogP contribution in [-0.2, 0) is 0 Å². The third-order valence-corrected chi connectivity index (χ3v) is 5.95. The molecule has 0 saturated heterocycles. The summed E-state index contributed by atoms with van der Waals surface area (Å²) < 4.78 is 2.48. The van der Waals surface area contributed by atoms with Gasteiger partial charge < -0.3 is 4.57 Å². The quantitative estimate of drug-likeness (QED) is 0.525. The Bertz CT molecular complexity index is 1190. The van der Waals surface area contributed by atoms with Crippen LogP contribution in [0.5, 0.6) is 0 Å². The molecule has 0 N–H and O–H groups in total. The van der Waals surface area contributed by atoms with Gasteiger partial charge in [0.05, 0.1) is 22.4 Å². The van der Waals surface area contributed by atoms with Crippen LogP contribution < -0.4 is 0 Å². The molecule has 2 bridgehead atoms. The van der Waals surface area contributed by atoms with Gasteiger partial charge in [-0.3, -0.25) is 15.0 Å². The van der Waals surface area contributed by atoms with Crippen molar-refractivity contribution in [3.05, 3.63) is 60.3 Å². The van der Waals surface area contributed by atoms with Crippen LogP contribution in [0.1, 0.15) is 42.7 Å². The third-order valence-electron chi connectivity index (χ3n) is 5.95. The molecule has 2 atom stereocenters. The normalized spacial score (nSPS) is 20.3. The molecule has 1 fully saturated rings. The molecule has 1 aliphatic carbocycles. The van der Waals surface area contributed by atoms with E-state index in [1.807, 2.05) is 13.0 Å². The van der Waals surface area contributed by atoms with E-state index in [1.165, 1.54) is 30.8 Å². The molecule has 2 unspecified atom stereocenters. The molecule has 132 valence electrons. The van der Waals surface area contributed by atoms with Crippen LogP contribution in [0.3, 0.4) is 0 Å². The van der Waals surface area contributed by atoms with Crippen molar-refractivity contribution < 1.29 is 0 Å². The minimum atomic E-state index is 0.559. The monoisotopic (exact) mass is 353 g/mol. The van der Waals surface area contributed by atoms with E-state index in [9.17, 15) is 0 Å². The van der Waals surface area contributed by atoms with Gasteiger partial charge in [-0.25, -0.2) is 4.98 Å². The summed E-state index contributed by atoms with van der Waals surface area (Å²) in [6.45, 7) is 2.03. The highest BCUT2D eigenvalue weighted by Gasteiger charge is 2.41. The first kappa shape index (κ1) is 15.0. The third kappa shape index (κ3) is 2.17. The standard InChI is InChI=1S/C22H19N5/c1-13-3-2-4-18(25-13)20-21(27-16-7-5-15(11-16)22(27)26-20)14-6-8-17-19(12-14)24-10-9-23-17/h2-4,6,8-10,12,15-16H,5,7,11H2,1H3. The predicted molar refractivity (Wildman–Crippen MR) is 104 cm³/mol. The predicted octanol–water partition coefficient (Wildman–Crippen LogP) is 4.69. The molecule has 0 amide bonds. The van der Waals surface area contributed by atoms with Gasteiger partial charge in [0.15, 0.2) is 0 Å². The molecule has 1 aliphatic heterocycles. The molecule has 2 aliphatic rings. The van der Waals surface area contributed by atoms with Gasteiger partial charge in [0.1, 0.15) is 11.5 Å². The number of hydrogen-bond donors (Lipinski definition) is 0. The van der Waals surface area contributed by atoms with E-state index in [0.717, 1.165) is 33.7 Å². The summed E-state index contributed by atoms with van der Waals surface area (Å²) in [5.41, 5.74) is 7.12. The largest absolute Gasteiger partial charge is 0.324 e. The van der Waals surface area contributed by atoms with Crippen LogP contribution in [0.4, 0.5) is 0 Å². The van der Waals surface area contributed by atoms with Gasteiger partial charge in [-0.05, 0) is 50.5 Å². The van der Waals surface area contributed by atoms with Crippen molar-refractivity contribution >= 4 is 11.0 Å². The average molecular weight is 353 g/mol. The first-order valence-corrected chi connectivity index (χ1v) is 9.55. The maximum atomic E-state index is 5.11. The zero-order valence-corrected chi connectivity index (χ0v) is 15.1. The molecule has 0 radical (unpaired) electrons. The van der Waals surface area contributed by atoms with Crippen molar-refractivity contribution in [3.8, 4) is 22.6 Å². The van der Waals surface area contributed by atoms with Crippen LogP contribution in [-0.4, -0.2) is 24.5 Å². The van der Waals surface area contributed by atoms with Crippen molar-refractivity contribution in [3.63, 3.8) is 0 Å². The van der Waals surface area contributed by atoms with Crippen LogP contribution >= 0.6 is 0 Å². The van der Waals surface area contributed by atoms with Gasteiger partial charge >= 0.3 is 0 Å². The lowest BCUT2D eigenvalue weighted by atomic mass is 10.1. The Morgan fingerprint density at radius 2 is 1.85 bits per heavy atom. The minimum absolute atomic E-state index is 0.559. The van der Waals surface area contributed by atoms with Crippen LogP contribution in [0.25, 0.3) is 33.7 Å². The number of rotatable bonds is 2. The summed E-state index contributed by atoms with van der Waals surface area (Å²) >= 11 is 0. The van der Waals surface area contributed by atoms with Crippen molar-refractivity contribution in [2.45, 2.75) is 38.1 Å². The lowest BCUT2D eigenvalue weighted by Crippen LogP contribution is -2.07. The van der Waals surface area contributed by atoms with E-state index in [-0.39, 0.29) is 0 Å². The second-order valence-electron chi connectivity index (χ2n) is 7.63. The van der Waals surface area contributed by atoms with Crippen molar-refractivity contribution in [1.82, 2.24) is 24.5 Å². The molecule has 4 aromatic rings. The second kappa shape index (κ2) is 5.46. The number of benzene rings is 1. The Morgan fingerprint density at radius 1 is 0.963 bits per heavy atom. The Balaban J connectivity index is 1.63. The van der Waals surface area contributed by atoms with Crippen molar-refractivity contribution in [2.24, 2.45) is 0 Å². The molecule has 27 heavy (non-hydrogen) atoms. The van der Waals surface area contributed by atoms with Crippen molar-refractivity contribution in [2.75, 3.05) is 0 Å². The fourth-order valence-electron chi connectivity index (χ4n) is 4.77. The fraction of sp³-hybridized carbons (Fsp3) is 0.273. The van der Waals surface area contributed by atoms with E-state index in [0.29, 0.717) is 12.0 Å². The molecular formula is C22H19N5. The number of hydrogen-bond acceptors (Lipinski definition) is 4. The number of aryl methyl sites for hydroxylation is 1. The SMILES string of the molecule is Cc1cccc(-c2nc3n(c2-c2ccc4nccnc4c2)C2CCC3C2)n1. The maximum absolute atomic E-state index is 5.11. The summed E-state index contributed by atoms with van der Waals surface area (Å²) in [5, 5.41) is 0. The number of nitrogens with zero attached hydrogens (tertiary/aromatic N) is 5. The molecule has 3 aromatic heterocycles. The molecular weight excluding hydrogens is 334 g/mol. The van der Waals surface area contributed by atoms with E-state index in [1.54, 1.807) is 12.4 Å². The minimum Gasteiger partial charge on any atom is -0.324 e. The lowest BCUT2D eigenvalue weighted by Gasteiger charge is -2.17. The average Bonchev–Trinajstić information content (AvgIpc) is 3.40. The fourth-order valence-corrected chi connectivity index (χ4v) is 4.77. The smallest absolute Gasteiger partial charge is 0.115 e. The molecule has 0 spiro atoms. The zero-order chi connectivity index (χ0) is 18.0. The molecule has 5 nitrogen and oxygen atoms in total. The molecule has 1 saturated carbocycles. The highest BCUT2D eigenvalue weighted by molar-refractivity contribution is 5.85. The van der Waals surface area contributed by atoms with Gasteiger partial charge in [0, 0.05) is 35.6 Å². The van der Waals surface area contributed by atoms with E-state index < -0.39 is 0 Å². The lowest BCUT2D eigenvalue weighted by molar-refractivity contribution is 0.530. The van der Waals surface area contributed by atoms with Gasteiger partial charge in [-0.2, -0.15) is 0 Å². The second-order valence-corrected chi connectivity index (χ2v) is 7.63. The maximum Gasteiger partial charge on any atom is 0.115 e. The molecule has 1 aromatic carbocycles. The van der Waals surface area contributed by atoms with Crippen LogP contribution in [0.15, 0.2) is 48.8 Å². The van der Waals surface area contributed by atoms with Gasteiger partial charge in [-0.15, -0.1) is 0 Å². The van der Waals surface area contributed by atoms with Crippen LogP contribution in [0.2, 0.25) is 0 Å². The summed E-state index contributed by atoms with van der Waals surface area (Å²) in [4.78, 5) is 18.8. The Kier molecular flexibility index (Phi) is 3.04. The van der Waals surface area contributed by atoms with E-state index >= 15 is 0 Å². The number of imidazole rings is 1. The Labute approximate surface area is 157 Å². The summed E-state index contributed by atoms with van der Waals surface area (Å²) in [6, 6.07) is 13.1. The molecule has 4 heterocycles. The summed E-state index contributed by atoms with van der Waals surface area (Å²) in [7, 11) is 0. The van der Waals surface area contributed by atoms with Gasteiger partial charge in [-0.1, -0.05) is 12.1 Å². The van der Waals surface area contributed by atoms with Gasteiger partial charge in [0.2, 0.25) is 0 Å². The van der Waals surface area contributed by atoms with E-state index in [4.69, 9.17) is 9.97 Å². The Hall–Kier alpha value is -3.08. The molecule has 6 rings (SSSR count). The molecule has 5 heteroatoms. The number of fused-ring (bicyclic) bond motifs is 6. The number of pyridine rings is 1. The highest BCUT2D eigenvalue weighted by atomic mass is 15.2. The Morgan fingerprint density at radius 3 is 2.74 bits per heavy atom. The first-order valence-electron chi connectivity index (χ1n) is 9.55. The van der Waals surface area contributed by atoms with Crippen LogP contribution in [0, 0.1) is 6.92 Å². The number of aromatic nitrogens is 5. The first-order chi connectivity index (χ1) is 13.3. The topological polar surface area (TPSA) is 56.5 Å². The summed E-state index contributed by atoms with van der Waals surface area (Å²) in [5.74, 6) is 1.83.